The maximum Gasteiger partial charge on any atom is 0.468 e. The van der Waals surface area contributed by atoms with Gasteiger partial charge in [-0.25, -0.2) is 4.98 Å². The van der Waals surface area contributed by atoms with Gasteiger partial charge in [0.2, 0.25) is 5.78 Å². The monoisotopic (exact) mass is 208 g/mol. The Hall–Kier alpha value is -1.37. The summed E-state index contributed by atoms with van der Waals surface area (Å²) in [5.74, 6) is -2.56. The van der Waals surface area contributed by atoms with Crippen molar-refractivity contribution in [3.05, 3.63) is 17.3 Å². The van der Waals surface area contributed by atoms with E-state index in [-0.39, 0.29) is 5.69 Å². The van der Waals surface area contributed by atoms with Gasteiger partial charge < -0.3 is 10.2 Å². The van der Waals surface area contributed by atoms with E-state index in [4.69, 9.17) is 5.73 Å². The first-order valence-corrected chi connectivity index (χ1v) is 3.64. The Labute approximate surface area is 76.9 Å². The minimum absolute atomic E-state index is 0.104. The predicted octanol–water partition coefficient (Wildman–Crippen LogP) is 1.14. The fourth-order valence-electron chi connectivity index (χ4n) is 0.869. The summed E-state index contributed by atoms with van der Waals surface area (Å²) >= 11 is 0. The fourth-order valence-corrected chi connectivity index (χ4v) is 0.869. The van der Waals surface area contributed by atoms with Crippen molar-refractivity contribution in [1.29, 1.82) is 0 Å². The minimum atomic E-state index is -4.68. The van der Waals surface area contributed by atoms with E-state index in [0.717, 1.165) is 0 Å². The summed E-state index contributed by atoms with van der Waals surface area (Å²) in [6, 6.07) is 0. The maximum absolute atomic E-state index is 12.0. The molecule has 0 aliphatic carbocycles. The van der Waals surface area contributed by atoms with Crippen molar-refractivity contribution in [3.63, 3.8) is 0 Å². The summed E-state index contributed by atoms with van der Waals surface area (Å²) < 4.78 is 40.4. The molecular weight excluding hydrogens is 201 g/mol. The highest BCUT2D eigenvalue weighted by molar-refractivity contribution is 5.95. The van der Waals surface area contributed by atoms with Gasteiger partial charge in [0, 0.05) is 0 Å². The van der Waals surface area contributed by atoms with Gasteiger partial charge in [0.25, 0.3) is 0 Å². The highest BCUT2D eigenvalue weighted by Crippen LogP contribution is 2.29. The van der Waals surface area contributed by atoms with Gasteiger partial charge >= 0.3 is 12.1 Å². The van der Waals surface area contributed by atoms with Crippen LogP contribution in [-0.4, -0.2) is 17.3 Å². The zero-order chi connectivity index (χ0) is 10.9. The van der Waals surface area contributed by atoms with Crippen molar-refractivity contribution < 1.29 is 22.4 Å². The van der Waals surface area contributed by atoms with Gasteiger partial charge in [0.05, 0.1) is 12.2 Å². The van der Waals surface area contributed by atoms with Crippen LogP contribution in [-0.2, 0) is 6.18 Å². The number of nitrogens with zero attached hydrogens (tertiary/aromatic N) is 1. The molecule has 0 unspecified atom stereocenters. The number of nitrogens with two attached hydrogens (primary N) is 1. The summed E-state index contributed by atoms with van der Waals surface area (Å²) in [7, 11) is 0. The summed E-state index contributed by atoms with van der Waals surface area (Å²) in [6.07, 6.45) is -4.68. The highest BCUT2D eigenvalue weighted by atomic mass is 19.4. The second kappa shape index (κ2) is 3.41. The standard InChI is InChI=1S/C7H7F3N2O2/c1-3-5(4(13)2-11)14-6(12-3)7(8,9)10/h2,11H2,1H3. The molecule has 1 heterocycles. The lowest BCUT2D eigenvalue weighted by molar-refractivity contribution is -0.157. The molecule has 4 nitrogen and oxygen atoms in total. The largest absolute Gasteiger partial charge is 0.468 e. The predicted molar refractivity (Wildman–Crippen MR) is 39.6 cm³/mol. The molecule has 0 saturated heterocycles. The third kappa shape index (κ3) is 1.92. The van der Waals surface area contributed by atoms with Crippen LogP contribution in [0.5, 0.6) is 0 Å². The van der Waals surface area contributed by atoms with Crippen molar-refractivity contribution in [2.75, 3.05) is 6.54 Å². The van der Waals surface area contributed by atoms with Crippen LogP contribution in [0.4, 0.5) is 13.2 Å². The maximum atomic E-state index is 12.0. The van der Waals surface area contributed by atoms with E-state index in [9.17, 15) is 18.0 Å². The Balaban J connectivity index is 3.12. The molecule has 14 heavy (non-hydrogen) atoms. The molecule has 0 fully saturated rings. The number of rotatable bonds is 2. The van der Waals surface area contributed by atoms with Gasteiger partial charge in [0.15, 0.2) is 5.76 Å². The zero-order valence-corrected chi connectivity index (χ0v) is 7.18. The summed E-state index contributed by atoms with van der Waals surface area (Å²) in [4.78, 5) is 14.0. The fraction of sp³-hybridized carbons (Fsp3) is 0.429. The number of carbonyl (C=O) groups excluding carboxylic acids is 1. The van der Waals surface area contributed by atoms with Gasteiger partial charge in [-0.1, -0.05) is 0 Å². The molecule has 1 aromatic heterocycles. The number of oxazole rings is 1. The van der Waals surface area contributed by atoms with E-state index in [1.165, 1.54) is 6.92 Å². The van der Waals surface area contributed by atoms with Crippen molar-refractivity contribution in [1.82, 2.24) is 4.98 Å². The normalized spacial score (nSPS) is 11.8. The Bertz CT molecular complexity index is 356. The van der Waals surface area contributed by atoms with Crippen molar-refractivity contribution in [3.8, 4) is 0 Å². The first kappa shape index (κ1) is 10.7. The first-order valence-electron chi connectivity index (χ1n) is 3.64. The Morgan fingerprint density at radius 2 is 2.14 bits per heavy atom. The van der Waals surface area contributed by atoms with Gasteiger partial charge in [-0.15, -0.1) is 0 Å². The van der Waals surface area contributed by atoms with Crippen LogP contribution in [0.1, 0.15) is 22.1 Å². The lowest BCUT2D eigenvalue weighted by atomic mass is 10.2. The van der Waals surface area contributed by atoms with E-state index in [1.807, 2.05) is 0 Å². The van der Waals surface area contributed by atoms with E-state index in [1.54, 1.807) is 0 Å². The molecule has 1 rings (SSSR count). The first-order chi connectivity index (χ1) is 6.36. The molecule has 0 spiro atoms. The van der Waals surface area contributed by atoms with Crippen LogP contribution in [0.25, 0.3) is 0 Å². The van der Waals surface area contributed by atoms with Crippen LogP contribution in [0.15, 0.2) is 4.42 Å². The lowest BCUT2D eigenvalue weighted by Gasteiger charge is -1.97. The molecular formula is C7H7F3N2O2. The molecule has 0 radical (unpaired) electrons. The van der Waals surface area contributed by atoms with E-state index in [2.05, 4.69) is 9.40 Å². The second-order valence-electron chi connectivity index (χ2n) is 2.56. The highest BCUT2D eigenvalue weighted by Gasteiger charge is 2.38. The van der Waals surface area contributed by atoms with Crippen LogP contribution in [0, 0.1) is 6.92 Å². The summed E-state index contributed by atoms with van der Waals surface area (Å²) in [6.45, 7) is 0.842. The molecule has 0 amide bonds. The van der Waals surface area contributed by atoms with Gasteiger partial charge in [0.1, 0.15) is 0 Å². The number of ketones is 1. The van der Waals surface area contributed by atoms with Crippen LogP contribution in [0.3, 0.4) is 0 Å². The molecule has 0 aliphatic rings. The molecule has 2 N–H and O–H groups in total. The molecule has 7 heteroatoms. The number of hydrogen-bond donors (Lipinski definition) is 1. The average molecular weight is 208 g/mol. The third-order valence-electron chi connectivity index (χ3n) is 1.48. The number of aromatic nitrogens is 1. The van der Waals surface area contributed by atoms with Crippen molar-refractivity contribution in [2.45, 2.75) is 13.1 Å². The number of halogens is 3. The van der Waals surface area contributed by atoms with Gasteiger partial charge in [-0.05, 0) is 6.92 Å². The zero-order valence-electron chi connectivity index (χ0n) is 7.18. The molecule has 0 saturated carbocycles. The number of carbonyl (C=O) groups is 1. The Kier molecular flexibility index (Phi) is 2.61. The van der Waals surface area contributed by atoms with Gasteiger partial charge in [-0.3, -0.25) is 4.79 Å². The van der Waals surface area contributed by atoms with E-state index >= 15 is 0 Å². The van der Waals surface area contributed by atoms with Crippen molar-refractivity contribution >= 4 is 5.78 Å². The number of aryl methyl sites for hydroxylation is 1. The second-order valence-corrected chi connectivity index (χ2v) is 2.56. The number of alkyl halides is 3. The summed E-state index contributed by atoms with van der Waals surface area (Å²) in [5, 5.41) is 0. The molecule has 78 valence electrons. The average Bonchev–Trinajstić information content (AvgIpc) is 2.45. The van der Waals surface area contributed by atoms with E-state index in [0.29, 0.717) is 0 Å². The number of Topliss-reactive ketones (excluding diaryl/α,β-unsaturated/α-hetero) is 1. The Morgan fingerprint density at radius 3 is 2.50 bits per heavy atom. The summed E-state index contributed by atoms with van der Waals surface area (Å²) in [5.41, 5.74) is 4.87. The smallest absolute Gasteiger partial charge is 0.429 e. The van der Waals surface area contributed by atoms with E-state index < -0.39 is 30.2 Å². The molecule has 0 bridgehead atoms. The van der Waals surface area contributed by atoms with Gasteiger partial charge in [-0.2, -0.15) is 13.2 Å². The SMILES string of the molecule is Cc1nc(C(F)(F)F)oc1C(=O)CN. The van der Waals surface area contributed by atoms with Crippen LogP contribution >= 0.6 is 0 Å². The van der Waals surface area contributed by atoms with Crippen LogP contribution < -0.4 is 5.73 Å². The minimum Gasteiger partial charge on any atom is -0.429 e. The topological polar surface area (TPSA) is 69.1 Å². The molecule has 0 aromatic carbocycles. The molecule has 1 aromatic rings. The van der Waals surface area contributed by atoms with Crippen LogP contribution in [0.2, 0.25) is 0 Å². The lowest BCUT2D eigenvalue weighted by Crippen LogP contribution is -2.13. The molecule has 0 aliphatic heterocycles. The Morgan fingerprint density at radius 1 is 1.57 bits per heavy atom. The third-order valence-corrected chi connectivity index (χ3v) is 1.48. The number of hydrogen-bond acceptors (Lipinski definition) is 4. The molecule has 0 atom stereocenters. The van der Waals surface area contributed by atoms with Crippen molar-refractivity contribution in [2.24, 2.45) is 5.73 Å². The quantitative estimate of drug-likeness (QED) is 0.740.